The molecule has 1 atom stereocenters. The van der Waals surface area contributed by atoms with Gasteiger partial charge >= 0.3 is 0 Å². The van der Waals surface area contributed by atoms with Crippen molar-refractivity contribution in [1.29, 1.82) is 0 Å². The fourth-order valence-corrected chi connectivity index (χ4v) is 3.58. The number of halogens is 1. The first-order valence-corrected chi connectivity index (χ1v) is 9.40. The van der Waals surface area contributed by atoms with E-state index in [0.717, 1.165) is 52.1 Å². The molecule has 0 radical (unpaired) electrons. The molecule has 1 aromatic rings. The van der Waals surface area contributed by atoms with Gasteiger partial charge in [-0.2, -0.15) is 0 Å². The molecule has 1 aromatic carbocycles. The lowest BCUT2D eigenvalue weighted by Crippen LogP contribution is -2.53. The molecule has 0 aliphatic carbocycles. The summed E-state index contributed by atoms with van der Waals surface area (Å²) in [7, 11) is 0. The number of hydrogen-bond acceptors (Lipinski definition) is 4. The molecule has 26 heavy (non-hydrogen) atoms. The molecule has 142 valence electrons. The zero-order valence-corrected chi connectivity index (χ0v) is 15.0. The summed E-state index contributed by atoms with van der Waals surface area (Å²) in [5.74, 6) is -0.504. The second-order valence-electron chi connectivity index (χ2n) is 6.95. The van der Waals surface area contributed by atoms with Crippen LogP contribution in [0.25, 0.3) is 0 Å². The van der Waals surface area contributed by atoms with E-state index in [1.165, 1.54) is 12.1 Å². The number of benzene rings is 1. The van der Waals surface area contributed by atoms with Gasteiger partial charge in [0.05, 0.1) is 11.5 Å². The zero-order valence-electron chi connectivity index (χ0n) is 15.0. The number of nitrogens with one attached hydrogen (secondary N) is 2. The standard InChI is InChI=1S/C19H27FN4O2/c20-17-6-2-1-5-16(17)18(25)22-8-9-23-10-12-24(13-11-23)19(26)15-4-3-7-21-14-15/h1-2,5-6,15,21H,3-4,7-14H2,(H,22,25). The molecule has 2 fully saturated rings. The van der Waals surface area contributed by atoms with Crippen LogP contribution in [0.4, 0.5) is 4.39 Å². The molecule has 6 nitrogen and oxygen atoms in total. The number of amides is 2. The molecule has 2 saturated heterocycles. The minimum atomic E-state index is -0.505. The van der Waals surface area contributed by atoms with Crippen LogP contribution >= 0.6 is 0 Å². The number of hydrogen-bond donors (Lipinski definition) is 2. The van der Waals surface area contributed by atoms with Crippen molar-refractivity contribution in [3.63, 3.8) is 0 Å². The topological polar surface area (TPSA) is 64.7 Å². The van der Waals surface area contributed by atoms with Crippen LogP contribution in [0.3, 0.4) is 0 Å². The maximum Gasteiger partial charge on any atom is 0.254 e. The fraction of sp³-hybridized carbons (Fsp3) is 0.579. The number of rotatable bonds is 5. The molecule has 0 aromatic heterocycles. The number of piperidine rings is 1. The Morgan fingerprint density at radius 2 is 1.96 bits per heavy atom. The van der Waals surface area contributed by atoms with Crippen molar-refractivity contribution in [1.82, 2.24) is 20.4 Å². The highest BCUT2D eigenvalue weighted by molar-refractivity contribution is 5.94. The Kier molecular flexibility index (Phi) is 6.57. The van der Waals surface area contributed by atoms with Crippen molar-refractivity contribution in [2.75, 3.05) is 52.4 Å². The van der Waals surface area contributed by atoms with E-state index in [-0.39, 0.29) is 23.3 Å². The van der Waals surface area contributed by atoms with Crippen LogP contribution < -0.4 is 10.6 Å². The van der Waals surface area contributed by atoms with Gasteiger partial charge in [0.2, 0.25) is 5.91 Å². The number of piperazine rings is 1. The minimum absolute atomic E-state index is 0.0732. The molecule has 2 aliphatic rings. The third-order valence-electron chi connectivity index (χ3n) is 5.16. The molecule has 2 N–H and O–H groups in total. The van der Waals surface area contributed by atoms with Crippen LogP contribution in [-0.4, -0.2) is 74.0 Å². The Morgan fingerprint density at radius 1 is 1.19 bits per heavy atom. The van der Waals surface area contributed by atoms with Crippen molar-refractivity contribution >= 4 is 11.8 Å². The predicted molar refractivity (Wildman–Crippen MR) is 97.3 cm³/mol. The molecule has 0 spiro atoms. The van der Waals surface area contributed by atoms with Gasteiger partial charge in [0.1, 0.15) is 5.82 Å². The van der Waals surface area contributed by atoms with Gasteiger partial charge in [-0.3, -0.25) is 14.5 Å². The Labute approximate surface area is 153 Å². The maximum atomic E-state index is 13.6. The normalized spacial score (nSPS) is 21.4. The van der Waals surface area contributed by atoms with Gasteiger partial charge in [0.15, 0.2) is 0 Å². The molecule has 2 heterocycles. The lowest BCUT2D eigenvalue weighted by molar-refractivity contribution is -0.137. The summed E-state index contributed by atoms with van der Waals surface area (Å²) < 4.78 is 13.6. The summed E-state index contributed by atoms with van der Waals surface area (Å²) in [6.07, 6.45) is 2.05. The Morgan fingerprint density at radius 3 is 2.65 bits per heavy atom. The summed E-state index contributed by atoms with van der Waals surface area (Å²) in [6.45, 7) is 6.05. The van der Waals surface area contributed by atoms with Crippen molar-refractivity contribution in [3.05, 3.63) is 35.6 Å². The third-order valence-corrected chi connectivity index (χ3v) is 5.16. The average molecular weight is 362 g/mol. The van der Waals surface area contributed by atoms with E-state index in [1.807, 2.05) is 4.90 Å². The lowest BCUT2D eigenvalue weighted by Gasteiger charge is -2.37. The molecule has 7 heteroatoms. The SMILES string of the molecule is O=C(NCCN1CCN(C(=O)C2CCCNC2)CC1)c1ccccc1F. The molecular weight excluding hydrogens is 335 g/mol. The van der Waals surface area contributed by atoms with Crippen molar-refractivity contribution in [2.45, 2.75) is 12.8 Å². The number of carbonyl (C=O) groups excluding carboxylic acids is 2. The zero-order chi connectivity index (χ0) is 18.4. The van der Waals surface area contributed by atoms with Gasteiger partial charge in [-0.15, -0.1) is 0 Å². The molecule has 0 saturated carbocycles. The molecule has 2 amide bonds. The van der Waals surface area contributed by atoms with E-state index in [0.29, 0.717) is 13.1 Å². The summed E-state index contributed by atoms with van der Waals surface area (Å²) in [6, 6.07) is 5.98. The van der Waals surface area contributed by atoms with Gasteiger partial charge in [0.25, 0.3) is 5.91 Å². The second kappa shape index (κ2) is 9.09. The van der Waals surface area contributed by atoms with E-state index in [1.54, 1.807) is 12.1 Å². The largest absolute Gasteiger partial charge is 0.351 e. The second-order valence-corrected chi connectivity index (χ2v) is 6.95. The Balaban J connectivity index is 1.37. The van der Waals surface area contributed by atoms with Crippen LogP contribution in [0, 0.1) is 11.7 Å². The third kappa shape index (κ3) is 4.80. The molecular formula is C19H27FN4O2. The summed E-state index contributed by atoms with van der Waals surface area (Å²) >= 11 is 0. The lowest BCUT2D eigenvalue weighted by atomic mass is 9.98. The van der Waals surface area contributed by atoms with E-state index in [2.05, 4.69) is 15.5 Å². The molecule has 3 rings (SSSR count). The average Bonchev–Trinajstić information content (AvgIpc) is 2.69. The van der Waals surface area contributed by atoms with Gasteiger partial charge in [-0.1, -0.05) is 12.1 Å². The Bertz CT molecular complexity index is 626. The smallest absolute Gasteiger partial charge is 0.254 e. The van der Waals surface area contributed by atoms with Crippen LogP contribution in [0.2, 0.25) is 0 Å². The first-order chi connectivity index (χ1) is 12.6. The predicted octanol–water partition coefficient (Wildman–Crippen LogP) is 0.699. The van der Waals surface area contributed by atoms with Crippen LogP contribution in [0.1, 0.15) is 23.2 Å². The highest BCUT2D eigenvalue weighted by Gasteiger charge is 2.28. The van der Waals surface area contributed by atoms with E-state index >= 15 is 0 Å². The van der Waals surface area contributed by atoms with Crippen molar-refractivity contribution in [2.24, 2.45) is 5.92 Å². The van der Waals surface area contributed by atoms with Gasteiger partial charge in [0, 0.05) is 45.8 Å². The van der Waals surface area contributed by atoms with E-state index < -0.39 is 5.82 Å². The van der Waals surface area contributed by atoms with Crippen molar-refractivity contribution < 1.29 is 14.0 Å². The Hall–Kier alpha value is -1.99. The van der Waals surface area contributed by atoms with Crippen molar-refractivity contribution in [3.8, 4) is 0 Å². The highest BCUT2D eigenvalue weighted by atomic mass is 19.1. The fourth-order valence-electron chi connectivity index (χ4n) is 3.58. The summed E-state index contributed by atoms with van der Waals surface area (Å²) in [5.41, 5.74) is 0.0732. The van der Waals surface area contributed by atoms with Crippen LogP contribution in [0.15, 0.2) is 24.3 Å². The van der Waals surface area contributed by atoms with E-state index in [9.17, 15) is 14.0 Å². The molecule has 0 bridgehead atoms. The number of carbonyl (C=O) groups is 2. The first-order valence-electron chi connectivity index (χ1n) is 9.40. The van der Waals surface area contributed by atoms with Gasteiger partial charge in [-0.05, 0) is 31.5 Å². The summed E-state index contributed by atoms with van der Waals surface area (Å²) in [4.78, 5) is 28.7. The summed E-state index contributed by atoms with van der Waals surface area (Å²) in [5, 5.41) is 6.06. The van der Waals surface area contributed by atoms with Gasteiger partial charge < -0.3 is 15.5 Å². The maximum absolute atomic E-state index is 13.6. The quantitative estimate of drug-likeness (QED) is 0.809. The monoisotopic (exact) mass is 362 g/mol. The number of nitrogens with zero attached hydrogens (tertiary/aromatic N) is 2. The minimum Gasteiger partial charge on any atom is -0.351 e. The highest BCUT2D eigenvalue weighted by Crippen LogP contribution is 2.15. The molecule has 1 unspecified atom stereocenters. The van der Waals surface area contributed by atoms with Crippen LogP contribution in [0.5, 0.6) is 0 Å². The first kappa shape index (κ1) is 18.8. The van der Waals surface area contributed by atoms with E-state index in [4.69, 9.17) is 0 Å². The van der Waals surface area contributed by atoms with Crippen LogP contribution in [-0.2, 0) is 4.79 Å². The molecule has 2 aliphatic heterocycles. The van der Waals surface area contributed by atoms with Gasteiger partial charge in [-0.25, -0.2) is 4.39 Å².